The summed E-state index contributed by atoms with van der Waals surface area (Å²) < 4.78 is 0.688. The summed E-state index contributed by atoms with van der Waals surface area (Å²) >= 11 is 3.22. The van der Waals surface area contributed by atoms with Crippen molar-refractivity contribution < 1.29 is 9.90 Å². The molecule has 1 unspecified atom stereocenters. The molecule has 1 heterocycles. The Morgan fingerprint density at radius 3 is 2.65 bits per heavy atom. The number of hydrogen-bond donors (Lipinski definition) is 2. The van der Waals surface area contributed by atoms with E-state index < -0.39 is 6.10 Å². The van der Waals surface area contributed by atoms with Crippen molar-refractivity contribution in [1.82, 2.24) is 10.3 Å². The smallest absolute Gasteiger partial charge is 0.252 e. The number of amides is 1. The quantitative estimate of drug-likeness (QED) is 0.826. The highest BCUT2D eigenvalue weighted by atomic mass is 79.9. The number of aliphatic hydroxyl groups is 1. The Bertz CT molecular complexity index is 558. The van der Waals surface area contributed by atoms with E-state index >= 15 is 0 Å². The maximum absolute atomic E-state index is 11.8. The number of aromatic nitrogens is 1. The van der Waals surface area contributed by atoms with Crippen LogP contribution in [0.5, 0.6) is 0 Å². The van der Waals surface area contributed by atoms with Crippen molar-refractivity contribution in [2.45, 2.75) is 12.5 Å². The minimum atomic E-state index is -0.570. The number of halogens is 1. The van der Waals surface area contributed by atoms with E-state index in [0.29, 0.717) is 23.1 Å². The Hall–Kier alpha value is -1.72. The van der Waals surface area contributed by atoms with Crippen molar-refractivity contribution >= 4 is 21.8 Å². The Morgan fingerprint density at radius 2 is 2.00 bits per heavy atom. The molecule has 0 fully saturated rings. The molecule has 2 N–H and O–H groups in total. The first-order valence-electron chi connectivity index (χ1n) is 6.29. The predicted octanol–water partition coefficient (Wildman–Crippen LogP) is 2.70. The van der Waals surface area contributed by atoms with Crippen molar-refractivity contribution in [2.75, 3.05) is 6.54 Å². The Labute approximate surface area is 126 Å². The van der Waals surface area contributed by atoms with Gasteiger partial charge in [-0.2, -0.15) is 0 Å². The summed E-state index contributed by atoms with van der Waals surface area (Å²) in [4.78, 5) is 15.8. The van der Waals surface area contributed by atoms with Crippen LogP contribution in [0.4, 0.5) is 0 Å². The molecule has 0 saturated carbocycles. The van der Waals surface area contributed by atoms with Gasteiger partial charge in [0, 0.05) is 12.7 Å². The van der Waals surface area contributed by atoms with E-state index in [-0.39, 0.29) is 5.91 Å². The lowest BCUT2D eigenvalue weighted by molar-refractivity contribution is 0.0942. The van der Waals surface area contributed by atoms with Crippen LogP contribution in [0, 0.1) is 0 Å². The van der Waals surface area contributed by atoms with Crippen molar-refractivity contribution in [3.05, 3.63) is 64.4 Å². The van der Waals surface area contributed by atoms with Crippen molar-refractivity contribution in [1.29, 1.82) is 0 Å². The fourth-order valence-electron chi connectivity index (χ4n) is 1.78. The highest BCUT2D eigenvalue weighted by Crippen LogP contribution is 2.15. The number of benzene rings is 1. The third kappa shape index (κ3) is 4.15. The van der Waals surface area contributed by atoms with Gasteiger partial charge < -0.3 is 10.4 Å². The first kappa shape index (κ1) is 14.7. The molecule has 4 nitrogen and oxygen atoms in total. The molecule has 0 saturated heterocycles. The van der Waals surface area contributed by atoms with Gasteiger partial charge in [0.05, 0.1) is 11.7 Å². The molecule has 1 aromatic carbocycles. The lowest BCUT2D eigenvalue weighted by Crippen LogP contribution is -2.25. The van der Waals surface area contributed by atoms with E-state index in [1.165, 1.54) is 6.20 Å². The van der Waals surface area contributed by atoms with E-state index in [1.54, 1.807) is 12.1 Å². The average molecular weight is 335 g/mol. The number of hydrogen-bond acceptors (Lipinski definition) is 3. The monoisotopic (exact) mass is 334 g/mol. The summed E-state index contributed by atoms with van der Waals surface area (Å²) in [7, 11) is 0. The molecule has 0 aliphatic heterocycles. The number of nitrogens with zero attached hydrogens (tertiary/aromatic N) is 1. The molecule has 0 aliphatic carbocycles. The van der Waals surface area contributed by atoms with Gasteiger partial charge in [0.2, 0.25) is 0 Å². The number of rotatable bonds is 5. The van der Waals surface area contributed by atoms with Gasteiger partial charge in [0.25, 0.3) is 5.91 Å². The van der Waals surface area contributed by atoms with Crippen LogP contribution in [0.2, 0.25) is 0 Å². The van der Waals surface area contributed by atoms with Gasteiger partial charge in [0.15, 0.2) is 0 Å². The van der Waals surface area contributed by atoms with Gasteiger partial charge in [-0.15, -0.1) is 0 Å². The van der Waals surface area contributed by atoms with Crippen LogP contribution in [-0.2, 0) is 0 Å². The van der Waals surface area contributed by atoms with Gasteiger partial charge in [-0.3, -0.25) is 4.79 Å². The number of pyridine rings is 1. The molecule has 5 heteroatoms. The number of nitrogens with one attached hydrogen (secondary N) is 1. The van der Waals surface area contributed by atoms with Crippen LogP contribution in [0.15, 0.2) is 53.3 Å². The first-order chi connectivity index (χ1) is 9.66. The van der Waals surface area contributed by atoms with E-state index in [0.717, 1.165) is 5.56 Å². The normalized spacial score (nSPS) is 11.9. The third-order valence-corrected chi connectivity index (χ3v) is 3.35. The molecular weight excluding hydrogens is 320 g/mol. The zero-order valence-corrected chi connectivity index (χ0v) is 12.4. The number of aliphatic hydroxyl groups excluding tert-OH is 1. The Morgan fingerprint density at radius 1 is 1.25 bits per heavy atom. The van der Waals surface area contributed by atoms with Crippen LogP contribution >= 0.6 is 15.9 Å². The maximum atomic E-state index is 11.8. The van der Waals surface area contributed by atoms with Crippen LogP contribution in [0.3, 0.4) is 0 Å². The highest BCUT2D eigenvalue weighted by Gasteiger charge is 2.09. The molecule has 1 amide bonds. The standard InChI is InChI=1S/C15H15BrN2O2/c16-14-7-6-12(10-18-14)15(20)17-9-8-13(19)11-4-2-1-3-5-11/h1-7,10,13,19H,8-9H2,(H,17,20). The van der Waals surface area contributed by atoms with Gasteiger partial charge in [-0.25, -0.2) is 4.98 Å². The van der Waals surface area contributed by atoms with Gasteiger partial charge >= 0.3 is 0 Å². The van der Waals surface area contributed by atoms with Crippen molar-refractivity contribution in [3.63, 3.8) is 0 Å². The summed E-state index contributed by atoms with van der Waals surface area (Å²) in [6.07, 6.45) is 1.41. The van der Waals surface area contributed by atoms with Crippen molar-refractivity contribution in [3.8, 4) is 0 Å². The van der Waals surface area contributed by atoms with Crippen LogP contribution in [-0.4, -0.2) is 22.5 Å². The lowest BCUT2D eigenvalue weighted by atomic mass is 10.1. The van der Waals surface area contributed by atoms with Gasteiger partial charge in [-0.1, -0.05) is 30.3 Å². The SMILES string of the molecule is O=C(NCCC(O)c1ccccc1)c1ccc(Br)nc1. The van der Waals surface area contributed by atoms with Crippen LogP contribution in [0.25, 0.3) is 0 Å². The topological polar surface area (TPSA) is 62.2 Å². The predicted molar refractivity (Wildman–Crippen MR) is 80.3 cm³/mol. The highest BCUT2D eigenvalue weighted by molar-refractivity contribution is 9.10. The van der Waals surface area contributed by atoms with E-state index in [9.17, 15) is 9.90 Å². The molecule has 104 valence electrons. The molecule has 20 heavy (non-hydrogen) atoms. The molecule has 0 spiro atoms. The fourth-order valence-corrected chi connectivity index (χ4v) is 2.01. The van der Waals surface area contributed by atoms with E-state index in [1.807, 2.05) is 30.3 Å². The summed E-state index contributed by atoms with van der Waals surface area (Å²) in [5, 5.41) is 12.7. The average Bonchev–Trinajstić information content (AvgIpc) is 2.48. The first-order valence-corrected chi connectivity index (χ1v) is 7.09. The summed E-state index contributed by atoms with van der Waals surface area (Å²) in [5.41, 5.74) is 1.36. The fraction of sp³-hybridized carbons (Fsp3) is 0.200. The molecule has 0 bridgehead atoms. The molecule has 2 aromatic rings. The number of carbonyl (C=O) groups is 1. The third-order valence-electron chi connectivity index (χ3n) is 2.88. The minimum Gasteiger partial charge on any atom is -0.388 e. The number of carbonyl (C=O) groups excluding carboxylic acids is 1. The molecule has 1 atom stereocenters. The maximum Gasteiger partial charge on any atom is 0.252 e. The second-order valence-electron chi connectivity index (χ2n) is 4.34. The largest absolute Gasteiger partial charge is 0.388 e. The minimum absolute atomic E-state index is 0.190. The second kappa shape index (κ2) is 7.17. The van der Waals surface area contributed by atoms with E-state index in [4.69, 9.17) is 0 Å². The summed E-state index contributed by atoms with van der Waals surface area (Å²) in [6.45, 7) is 0.408. The van der Waals surface area contributed by atoms with Gasteiger partial charge in [0.1, 0.15) is 4.60 Å². The Balaban J connectivity index is 1.81. The second-order valence-corrected chi connectivity index (χ2v) is 5.15. The summed E-state index contributed by atoms with van der Waals surface area (Å²) in [5.74, 6) is -0.190. The summed E-state index contributed by atoms with van der Waals surface area (Å²) in [6, 6.07) is 12.8. The van der Waals surface area contributed by atoms with Crippen molar-refractivity contribution in [2.24, 2.45) is 0 Å². The molecule has 1 aromatic heterocycles. The van der Waals surface area contributed by atoms with E-state index in [2.05, 4.69) is 26.2 Å². The zero-order valence-electron chi connectivity index (χ0n) is 10.8. The zero-order chi connectivity index (χ0) is 14.4. The van der Waals surface area contributed by atoms with Gasteiger partial charge in [-0.05, 0) is 40.0 Å². The molecule has 0 aliphatic rings. The van der Waals surface area contributed by atoms with Crippen LogP contribution in [0.1, 0.15) is 28.4 Å². The van der Waals surface area contributed by atoms with Crippen LogP contribution < -0.4 is 5.32 Å². The molecular formula is C15H15BrN2O2. The molecule has 0 radical (unpaired) electrons. The lowest BCUT2D eigenvalue weighted by Gasteiger charge is -2.11. The molecule has 2 rings (SSSR count). The Kier molecular flexibility index (Phi) is 5.26.